The number of aryl methyl sites for hydroxylation is 1. The Morgan fingerprint density at radius 1 is 1.60 bits per heavy atom. The number of carbonyl (C=O) groups is 1. The second-order valence-corrected chi connectivity index (χ2v) is 5.10. The summed E-state index contributed by atoms with van der Waals surface area (Å²) in [5, 5.41) is 9.42. The predicted octanol–water partition coefficient (Wildman–Crippen LogP) is 0.630. The van der Waals surface area contributed by atoms with Crippen molar-refractivity contribution in [1.82, 2.24) is 14.9 Å². The number of aromatic nitrogens is 2. The molecular weight excluding hydrogens is 258 g/mol. The van der Waals surface area contributed by atoms with Gasteiger partial charge in [-0.25, -0.2) is 9.97 Å². The average molecular weight is 279 g/mol. The van der Waals surface area contributed by atoms with Crippen LogP contribution in [-0.4, -0.2) is 52.7 Å². The van der Waals surface area contributed by atoms with E-state index in [0.717, 1.165) is 30.6 Å². The molecule has 1 saturated heterocycles. The van der Waals surface area contributed by atoms with E-state index < -0.39 is 0 Å². The Labute approximate surface area is 118 Å². The lowest BCUT2D eigenvalue weighted by molar-refractivity contribution is -0.136. The smallest absolute Gasteiger partial charge is 0.248 e. The lowest BCUT2D eigenvalue weighted by Crippen LogP contribution is -2.41. The zero-order chi connectivity index (χ0) is 14.5. The topological polar surface area (TPSA) is 75.5 Å². The van der Waals surface area contributed by atoms with E-state index in [1.54, 1.807) is 6.20 Å². The van der Waals surface area contributed by atoms with E-state index in [9.17, 15) is 9.90 Å². The molecule has 110 valence electrons. The van der Waals surface area contributed by atoms with Crippen LogP contribution in [-0.2, 0) is 16.1 Å². The first-order chi connectivity index (χ1) is 9.65. The highest BCUT2D eigenvalue weighted by molar-refractivity contribution is 5.77. The molecule has 1 aliphatic rings. The van der Waals surface area contributed by atoms with E-state index in [2.05, 4.69) is 9.97 Å². The second kappa shape index (κ2) is 6.76. The van der Waals surface area contributed by atoms with Crippen molar-refractivity contribution in [2.45, 2.75) is 32.3 Å². The number of ether oxygens (including phenoxy) is 1. The Hall–Kier alpha value is -1.53. The number of nitrogens with zero attached hydrogens (tertiary/aromatic N) is 3. The van der Waals surface area contributed by atoms with Crippen LogP contribution in [0.1, 0.15) is 35.8 Å². The quantitative estimate of drug-likeness (QED) is 0.875. The van der Waals surface area contributed by atoms with Gasteiger partial charge in [0.25, 0.3) is 0 Å². The molecule has 6 heteroatoms. The maximum Gasteiger partial charge on any atom is 0.248 e. The molecule has 0 spiro atoms. The van der Waals surface area contributed by atoms with Crippen molar-refractivity contribution in [3.8, 4) is 0 Å². The first-order valence-electron chi connectivity index (χ1n) is 6.85. The minimum absolute atomic E-state index is 0.00789. The van der Waals surface area contributed by atoms with Gasteiger partial charge in [0, 0.05) is 37.9 Å². The number of hydrogen-bond acceptors (Lipinski definition) is 5. The molecule has 1 aromatic rings. The van der Waals surface area contributed by atoms with Crippen molar-refractivity contribution in [1.29, 1.82) is 0 Å². The minimum Gasteiger partial charge on any atom is -0.392 e. The van der Waals surface area contributed by atoms with Crippen molar-refractivity contribution in [2.75, 3.05) is 26.8 Å². The van der Waals surface area contributed by atoms with Crippen LogP contribution in [0.25, 0.3) is 0 Å². The molecule has 0 aliphatic carbocycles. The van der Waals surface area contributed by atoms with Crippen molar-refractivity contribution >= 4 is 5.91 Å². The van der Waals surface area contributed by atoms with Crippen LogP contribution in [0.5, 0.6) is 0 Å². The highest BCUT2D eigenvalue weighted by Crippen LogP contribution is 2.28. The van der Waals surface area contributed by atoms with Crippen LogP contribution < -0.4 is 0 Å². The van der Waals surface area contributed by atoms with E-state index in [4.69, 9.17) is 4.74 Å². The third-order valence-electron chi connectivity index (χ3n) is 3.62. The van der Waals surface area contributed by atoms with Crippen LogP contribution in [0.3, 0.4) is 0 Å². The van der Waals surface area contributed by atoms with E-state index in [1.165, 1.54) is 7.11 Å². The number of piperidine rings is 1. The highest BCUT2D eigenvalue weighted by Gasteiger charge is 2.27. The van der Waals surface area contributed by atoms with Crippen molar-refractivity contribution < 1.29 is 14.6 Å². The molecule has 1 unspecified atom stereocenters. The summed E-state index contributed by atoms with van der Waals surface area (Å²) in [4.78, 5) is 22.3. The molecule has 2 heterocycles. The summed E-state index contributed by atoms with van der Waals surface area (Å²) in [5.41, 5.74) is 1.62. The third kappa shape index (κ3) is 3.32. The van der Waals surface area contributed by atoms with Gasteiger partial charge < -0.3 is 14.7 Å². The maximum absolute atomic E-state index is 11.9. The molecule has 1 N–H and O–H groups in total. The van der Waals surface area contributed by atoms with Gasteiger partial charge in [-0.05, 0) is 19.8 Å². The third-order valence-corrected chi connectivity index (χ3v) is 3.62. The Kier molecular flexibility index (Phi) is 5.03. The number of hydrogen-bond donors (Lipinski definition) is 1. The van der Waals surface area contributed by atoms with Crippen LogP contribution in [0, 0.1) is 6.92 Å². The largest absolute Gasteiger partial charge is 0.392 e. The van der Waals surface area contributed by atoms with Crippen molar-refractivity contribution in [2.24, 2.45) is 0 Å². The highest BCUT2D eigenvalue weighted by atomic mass is 16.5. The summed E-state index contributed by atoms with van der Waals surface area (Å²) in [7, 11) is 1.52. The summed E-state index contributed by atoms with van der Waals surface area (Å²) in [6.45, 7) is 3.27. The van der Waals surface area contributed by atoms with Crippen LogP contribution in [0.15, 0.2) is 6.20 Å². The fourth-order valence-electron chi connectivity index (χ4n) is 2.63. The van der Waals surface area contributed by atoms with E-state index >= 15 is 0 Å². The van der Waals surface area contributed by atoms with Gasteiger partial charge in [0.2, 0.25) is 5.91 Å². The lowest BCUT2D eigenvalue weighted by atomic mass is 9.92. The molecule has 6 nitrogen and oxygen atoms in total. The average Bonchev–Trinajstić information content (AvgIpc) is 2.47. The van der Waals surface area contributed by atoms with E-state index in [0.29, 0.717) is 12.4 Å². The normalized spacial score (nSPS) is 19.1. The monoisotopic (exact) mass is 279 g/mol. The summed E-state index contributed by atoms with van der Waals surface area (Å²) < 4.78 is 4.90. The number of aliphatic hydroxyl groups excluding tert-OH is 1. The molecule has 0 saturated carbocycles. The molecule has 1 fully saturated rings. The number of likely N-dealkylation sites (tertiary alicyclic amines) is 1. The fraction of sp³-hybridized carbons (Fsp3) is 0.643. The van der Waals surface area contributed by atoms with Gasteiger partial charge in [-0.3, -0.25) is 4.79 Å². The number of rotatable bonds is 4. The van der Waals surface area contributed by atoms with Crippen LogP contribution >= 0.6 is 0 Å². The number of methoxy groups -OCH3 is 1. The molecule has 20 heavy (non-hydrogen) atoms. The summed E-state index contributed by atoms with van der Waals surface area (Å²) >= 11 is 0. The number of carbonyl (C=O) groups excluding carboxylic acids is 1. The maximum atomic E-state index is 11.9. The SMILES string of the molecule is COCC(=O)N1CCCC(c2nc(C)ncc2CO)C1. The molecule has 1 aromatic heterocycles. The Morgan fingerprint density at radius 2 is 2.40 bits per heavy atom. The molecule has 0 radical (unpaired) electrons. The van der Waals surface area contributed by atoms with Gasteiger partial charge in [0.15, 0.2) is 0 Å². The van der Waals surface area contributed by atoms with Gasteiger partial charge in [0.05, 0.1) is 12.3 Å². The van der Waals surface area contributed by atoms with E-state index in [1.807, 2.05) is 11.8 Å². The molecule has 0 bridgehead atoms. The number of amides is 1. The summed E-state index contributed by atoms with van der Waals surface area (Å²) in [5.74, 6) is 0.861. The lowest BCUT2D eigenvalue weighted by Gasteiger charge is -2.33. The standard InChI is InChI=1S/C14H21N3O3/c1-10-15-6-12(8-18)14(16-10)11-4-3-5-17(7-11)13(19)9-20-2/h6,11,18H,3-5,7-9H2,1-2H3. The van der Waals surface area contributed by atoms with Gasteiger partial charge in [-0.2, -0.15) is 0 Å². The van der Waals surface area contributed by atoms with Crippen LogP contribution in [0.2, 0.25) is 0 Å². The van der Waals surface area contributed by atoms with Gasteiger partial charge >= 0.3 is 0 Å². The zero-order valence-electron chi connectivity index (χ0n) is 12.0. The molecule has 1 aliphatic heterocycles. The number of aliphatic hydroxyl groups is 1. The second-order valence-electron chi connectivity index (χ2n) is 5.10. The van der Waals surface area contributed by atoms with Gasteiger partial charge in [-0.15, -0.1) is 0 Å². The fourth-order valence-corrected chi connectivity index (χ4v) is 2.63. The molecule has 1 amide bonds. The van der Waals surface area contributed by atoms with Crippen molar-refractivity contribution in [3.05, 3.63) is 23.3 Å². The minimum atomic E-state index is -0.0713. The zero-order valence-corrected chi connectivity index (χ0v) is 12.0. The summed E-state index contributed by atoms with van der Waals surface area (Å²) in [6.07, 6.45) is 3.59. The molecular formula is C14H21N3O3. The molecule has 0 aromatic carbocycles. The molecule has 2 rings (SSSR count). The predicted molar refractivity (Wildman–Crippen MR) is 73.1 cm³/mol. The summed E-state index contributed by atoms with van der Waals surface area (Å²) in [6, 6.07) is 0. The Bertz CT molecular complexity index is 479. The van der Waals surface area contributed by atoms with E-state index in [-0.39, 0.29) is 25.0 Å². The Morgan fingerprint density at radius 3 is 3.10 bits per heavy atom. The van der Waals surface area contributed by atoms with Gasteiger partial charge in [0.1, 0.15) is 12.4 Å². The first-order valence-corrected chi connectivity index (χ1v) is 6.85. The van der Waals surface area contributed by atoms with Crippen LogP contribution in [0.4, 0.5) is 0 Å². The van der Waals surface area contributed by atoms with Gasteiger partial charge in [-0.1, -0.05) is 0 Å². The molecule has 1 atom stereocenters. The van der Waals surface area contributed by atoms with Crippen molar-refractivity contribution in [3.63, 3.8) is 0 Å². The first kappa shape index (κ1) is 14.9. The Balaban J connectivity index is 2.16.